The lowest BCUT2D eigenvalue weighted by Crippen LogP contribution is -2.57. The minimum Gasteiger partial charge on any atom is -0.392 e. The summed E-state index contributed by atoms with van der Waals surface area (Å²) in [4.78, 5) is 17.7. The van der Waals surface area contributed by atoms with Gasteiger partial charge in [-0.05, 0) is 49.1 Å². The molecule has 3 aliphatic heterocycles. The number of fused-ring (bicyclic) bond motifs is 1. The van der Waals surface area contributed by atoms with E-state index in [-0.39, 0.29) is 17.4 Å². The summed E-state index contributed by atoms with van der Waals surface area (Å²) >= 11 is 0. The molecule has 1 N–H and O–H groups in total. The number of likely N-dealkylation sites (tertiary alicyclic amines) is 2. The number of rotatable bonds is 3. The van der Waals surface area contributed by atoms with E-state index in [2.05, 4.69) is 27.8 Å². The van der Waals surface area contributed by atoms with Crippen molar-refractivity contribution in [2.24, 2.45) is 12.5 Å². The van der Waals surface area contributed by atoms with Gasteiger partial charge >= 0.3 is 0 Å². The van der Waals surface area contributed by atoms with Crippen LogP contribution in [0.15, 0.2) is 30.5 Å². The molecule has 0 saturated carbocycles. The number of hydrogen-bond donors (Lipinski definition) is 1. The number of nitrogens with zero attached hydrogens (tertiary/aromatic N) is 3. The van der Waals surface area contributed by atoms with Crippen LogP contribution in [0.2, 0.25) is 0 Å². The zero-order chi connectivity index (χ0) is 21.4. The summed E-state index contributed by atoms with van der Waals surface area (Å²) in [5.74, 6) is 0.226. The van der Waals surface area contributed by atoms with Crippen molar-refractivity contribution < 1.29 is 14.6 Å². The second-order valence-electron chi connectivity index (χ2n) is 9.97. The highest BCUT2D eigenvalue weighted by Gasteiger charge is 2.43. The highest BCUT2D eigenvalue weighted by molar-refractivity contribution is 5.89. The van der Waals surface area contributed by atoms with Crippen molar-refractivity contribution in [3.8, 4) is 0 Å². The fraction of sp³-hybridized carbons (Fsp3) is 0.640. The first-order chi connectivity index (χ1) is 15.0. The number of ether oxygens (including phenoxy) is 1. The Balaban J connectivity index is 1.22. The van der Waals surface area contributed by atoms with Crippen molar-refractivity contribution in [1.82, 2.24) is 14.4 Å². The van der Waals surface area contributed by atoms with Crippen LogP contribution in [0.4, 0.5) is 0 Å². The van der Waals surface area contributed by atoms with Gasteiger partial charge in [0.05, 0.1) is 12.5 Å². The maximum atomic E-state index is 13.1. The van der Waals surface area contributed by atoms with E-state index in [0.29, 0.717) is 12.5 Å². The van der Waals surface area contributed by atoms with Gasteiger partial charge in [-0.25, -0.2) is 0 Å². The third kappa shape index (κ3) is 4.26. The number of aliphatic hydroxyl groups is 1. The Morgan fingerprint density at radius 2 is 1.94 bits per heavy atom. The first-order valence-electron chi connectivity index (χ1n) is 11.8. The normalized spacial score (nSPS) is 25.4. The second kappa shape index (κ2) is 8.57. The van der Waals surface area contributed by atoms with Crippen LogP contribution in [0, 0.1) is 5.41 Å². The molecule has 31 heavy (non-hydrogen) atoms. The Kier molecular flexibility index (Phi) is 5.80. The highest BCUT2D eigenvalue weighted by Crippen LogP contribution is 2.41. The van der Waals surface area contributed by atoms with Crippen molar-refractivity contribution >= 4 is 16.8 Å². The predicted octanol–water partition coefficient (Wildman–Crippen LogP) is 2.58. The highest BCUT2D eigenvalue weighted by atomic mass is 16.5. The van der Waals surface area contributed by atoms with Crippen LogP contribution in [0.25, 0.3) is 10.9 Å². The largest absolute Gasteiger partial charge is 0.392 e. The van der Waals surface area contributed by atoms with Crippen LogP contribution in [-0.4, -0.2) is 76.9 Å². The second-order valence-corrected chi connectivity index (χ2v) is 9.97. The predicted molar refractivity (Wildman–Crippen MR) is 121 cm³/mol. The summed E-state index contributed by atoms with van der Waals surface area (Å²) in [6.07, 6.45) is 7.29. The first kappa shape index (κ1) is 21.0. The number of carbonyl (C=O) groups excluding carboxylic acids is 1. The zero-order valence-electron chi connectivity index (χ0n) is 18.6. The summed E-state index contributed by atoms with van der Waals surface area (Å²) in [6, 6.07) is 8.83. The van der Waals surface area contributed by atoms with Crippen LogP contribution < -0.4 is 0 Å². The van der Waals surface area contributed by atoms with Crippen LogP contribution >= 0.6 is 0 Å². The summed E-state index contributed by atoms with van der Waals surface area (Å²) in [5, 5.41) is 11.8. The van der Waals surface area contributed by atoms with Gasteiger partial charge in [0.15, 0.2) is 0 Å². The number of hydrogen-bond acceptors (Lipinski definition) is 4. The molecule has 4 heterocycles. The van der Waals surface area contributed by atoms with Gasteiger partial charge in [0.1, 0.15) is 0 Å². The lowest BCUT2D eigenvalue weighted by molar-refractivity contribution is -0.135. The average molecular weight is 426 g/mol. The third-order valence-corrected chi connectivity index (χ3v) is 7.86. The number of aryl methyl sites for hydroxylation is 1. The van der Waals surface area contributed by atoms with Gasteiger partial charge in [-0.2, -0.15) is 0 Å². The number of carbonyl (C=O) groups is 1. The van der Waals surface area contributed by atoms with Crippen molar-refractivity contribution in [3.63, 3.8) is 0 Å². The topological polar surface area (TPSA) is 57.9 Å². The Morgan fingerprint density at radius 3 is 2.71 bits per heavy atom. The number of benzene rings is 1. The smallest absolute Gasteiger partial charge is 0.227 e. The molecule has 1 aromatic heterocycles. The fourth-order valence-corrected chi connectivity index (χ4v) is 6.16. The van der Waals surface area contributed by atoms with Crippen LogP contribution in [0.1, 0.15) is 37.7 Å². The molecular formula is C25H35N3O3. The molecule has 1 atom stereocenters. The molecule has 3 fully saturated rings. The summed E-state index contributed by atoms with van der Waals surface area (Å²) < 4.78 is 7.65. The number of piperidine rings is 2. The Labute approximate surface area is 184 Å². The van der Waals surface area contributed by atoms with Crippen molar-refractivity contribution in [2.75, 3.05) is 39.4 Å². The summed E-state index contributed by atoms with van der Waals surface area (Å²) in [6.45, 7) is 5.12. The fourth-order valence-electron chi connectivity index (χ4n) is 6.16. The number of para-hydroxylation sites is 1. The van der Waals surface area contributed by atoms with E-state index in [1.54, 1.807) is 0 Å². The monoisotopic (exact) mass is 425 g/mol. The molecule has 1 unspecified atom stereocenters. The van der Waals surface area contributed by atoms with E-state index in [1.807, 2.05) is 24.1 Å². The molecule has 5 rings (SSSR count). The van der Waals surface area contributed by atoms with Crippen LogP contribution in [0.3, 0.4) is 0 Å². The van der Waals surface area contributed by atoms with E-state index in [1.165, 1.54) is 10.9 Å². The van der Waals surface area contributed by atoms with Gasteiger partial charge in [0.2, 0.25) is 5.91 Å². The minimum atomic E-state index is -0.255. The molecular weight excluding hydrogens is 390 g/mol. The molecule has 0 aliphatic carbocycles. The third-order valence-electron chi connectivity index (χ3n) is 7.86. The molecule has 0 radical (unpaired) electrons. The van der Waals surface area contributed by atoms with Gasteiger partial charge in [-0.3, -0.25) is 9.69 Å². The average Bonchev–Trinajstić information content (AvgIpc) is 3.10. The molecule has 168 valence electrons. The van der Waals surface area contributed by atoms with Gasteiger partial charge in [-0.1, -0.05) is 18.2 Å². The van der Waals surface area contributed by atoms with Crippen LogP contribution in [-0.2, 0) is 23.0 Å². The number of aromatic nitrogens is 1. The van der Waals surface area contributed by atoms with E-state index in [0.717, 1.165) is 77.1 Å². The Morgan fingerprint density at radius 1 is 1.19 bits per heavy atom. The lowest BCUT2D eigenvalue weighted by Gasteiger charge is -2.51. The zero-order valence-corrected chi connectivity index (χ0v) is 18.6. The Bertz CT molecular complexity index is 925. The lowest BCUT2D eigenvalue weighted by atomic mass is 9.71. The maximum Gasteiger partial charge on any atom is 0.227 e. The SMILES string of the molecule is Cn1cc(CC(=O)N2CCC3(CC2)CC(O)CN(C2CCOCC2)C3)c2ccccc21. The molecule has 1 amide bonds. The number of β-amino-alcohol motifs (C(OH)–C–C–N with tert-alkyl or cyclic N) is 1. The first-order valence-corrected chi connectivity index (χ1v) is 11.8. The van der Waals surface area contributed by atoms with Gasteiger partial charge in [0.25, 0.3) is 0 Å². The van der Waals surface area contributed by atoms with E-state index in [9.17, 15) is 9.90 Å². The summed E-state index contributed by atoms with van der Waals surface area (Å²) in [7, 11) is 2.04. The van der Waals surface area contributed by atoms with E-state index in [4.69, 9.17) is 4.74 Å². The minimum absolute atomic E-state index is 0.145. The standard InChI is InChI=1S/C25H35N3O3/c1-26-16-19(22-4-2-3-5-23(22)26)14-24(30)27-10-8-25(9-11-27)15-21(29)17-28(18-25)20-6-12-31-13-7-20/h2-5,16,20-21,29H,6-15,17-18H2,1H3. The molecule has 6 heteroatoms. The molecule has 0 bridgehead atoms. The van der Waals surface area contributed by atoms with Crippen molar-refractivity contribution in [3.05, 3.63) is 36.0 Å². The number of amides is 1. The van der Waals surface area contributed by atoms with Crippen molar-refractivity contribution in [2.45, 2.75) is 50.7 Å². The molecule has 2 aromatic rings. The van der Waals surface area contributed by atoms with Crippen LogP contribution in [0.5, 0.6) is 0 Å². The Hall–Kier alpha value is -1.89. The molecule has 3 saturated heterocycles. The number of aliphatic hydroxyl groups excluding tert-OH is 1. The van der Waals surface area contributed by atoms with Gasteiger partial charge in [-0.15, -0.1) is 0 Å². The van der Waals surface area contributed by atoms with E-state index >= 15 is 0 Å². The molecule has 3 aliphatic rings. The molecule has 6 nitrogen and oxygen atoms in total. The van der Waals surface area contributed by atoms with Gasteiger partial charge in [0, 0.05) is 69.6 Å². The van der Waals surface area contributed by atoms with Crippen molar-refractivity contribution in [1.29, 1.82) is 0 Å². The molecule has 1 spiro atoms. The summed E-state index contributed by atoms with van der Waals surface area (Å²) in [5.41, 5.74) is 2.43. The van der Waals surface area contributed by atoms with Gasteiger partial charge < -0.3 is 19.3 Å². The molecule has 1 aromatic carbocycles. The maximum absolute atomic E-state index is 13.1. The quantitative estimate of drug-likeness (QED) is 0.821. The van der Waals surface area contributed by atoms with E-state index < -0.39 is 0 Å².